The highest BCUT2D eigenvalue weighted by molar-refractivity contribution is 5.98. The van der Waals surface area contributed by atoms with Crippen LogP contribution in [0.15, 0.2) is 12.1 Å². The van der Waals surface area contributed by atoms with E-state index in [1.54, 1.807) is 0 Å². The van der Waals surface area contributed by atoms with Gasteiger partial charge in [0.15, 0.2) is 17.7 Å². The molecule has 0 radical (unpaired) electrons. The van der Waals surface area contributed by atoms with Crippen LogP contribution in [0.5, 0.6) is 5.75 Å². The molecule has 1 aromatic rings. The van der Waals surface area contributed by atoms with Crippen molar-refractivity contribution in [3.63, 3.8) is 0 Å². The van der Waals surface area contributed by atoms with Crippen LogP contribution in [0.4, 0.5) is 14.5 Å². The fraction of sp³-hybridized carbons (Fsp3) is 0.633. The number of likely N-dealkylation sites (tertiary alicyclic amines) is 1. The van der Waals surface area contributed by atoms with Gasteiger partial charge in [-0.25, -0.2) is 8.78 Å². The SMILES string of the molecule is CC(C)(C)C(NC(=O)[C@@H]1CCOC1)C(=O)N1C[C@H]2[C@@H]([C@H]1C(=O)NC(C#N)C[C@@H]1Oc3cc(F)c(F)cc3NC1=O)C2(C)C. The van der Waals surface area contributed by atoms with Gasteiger partial charge in [0.05, 0.1) is 24.3 Å². The van der Waals surface area contributed by atoms with Crippen molar-refractivity contribution in [3.8, 4) is 11.8 Å². The molecule has 0 bridgehead atoms. The first-order valence-electron chi connectivity index (χ1n) is 14.5. The summed E-state index contributed by atoms with van der Waals surface area (Å²) in [6.45, 7) is 10.7. The molecule has 7 atom stereocenters. The molecular weight excluding hydrogens is 564 g/mol. The van der Waals surface area contributed by atoms with Crippen molar-refractivity contribution in [1.29, 1.82) is 5.26 Å². The zero-order valence-corrected chi connectivity index (χ0v) is 24.8. The Hall–Kier alpha value is -3.79. The molecule has 3 N–H and O–H groups in total. The van der Waals surface area contributed by atoms with Gasteiger partial charge in [0.25, 0.3) is 5.91 Å². The number of ether oxygens (including phenoxy) is 2. The van der Waals surface area contributed by atoms with Crippen LogP contribution in [0.3, 0.4) is 0 Å². The van der Waals surface area contributed by atoms with Crippen LogP contribution < -0.4 is 20.7 Å². The van der Waals surface area contributed by atoms with E-state index in [1.165, 1.54) is 4.90 Å². The molecule has 1 saturated carbocycles. The van der Waals surface area contributed by atoms with E-state index in [-0.39, 0.29) is 52.8 Å². The molecule has 3 heterocycles. The van der Waals surface area contributed by atoms with Gasteiger partial charge in [-0.05, 0) is 29.1 Å². The second-order valence-electron chi connectivity index (χ2n) is 13.5. The van der Waals surface area contributed by atoms with E-state index in [1.807, 2.05) is 40.7 Å². The van der Waals surface area contributed by atoms with Crippen LogP contribution in [-0.4, -0.2) is 72.5 Å². The summed E-state index contributed by atoms with van der Waals surface area (Å²) in [6.07, 6.45) is -0.956. The van der Waals surface area contributed by atoms with Crippen molar-refractivity contribution in [2.75, 3.05) is 25.1 Å². The number of halogens is 2. The third-order valence-corrected chi connectivity index (χ3v) is 9.22. The molecule has 1 aliphatic carbocycles. The number of fused-ring (bicyclic) bond motifs is 2. The predicted molar refractivity (Wildman–Crippen MR) is 148 cm³/mol. The number of nitrogens with zero attached hydrogens (tertiary/aromatic N) is 2. The molecule has 5 rings (SSSR count). The number of nitriles is 1. The average molecular weight is 602 g/mol. The quantitative estimate of drug-likeness (QED) is 0.433. The number of carbonyl (C=O) groups is 4. The first-order chi connectivity index (χ1) is 20.1. The van der Waals surface area contributed by atoms with E-state index in [2.05, 4.69) is 16.0 Å². The lowest BCUT2D eigenvalue weighted by molar-refractivity contribution is -0.146. The summed E-state index contributed by atoms with van der Waals surface area (Å²) in [5.41, 5.74) is -0.909. The summed E-state index contributed by atoms with van der Waals surface area (Å²) >= 11 is 0. The Bertz CT molecular complexity index is 1380. The van der Waals surface area contributed by atoms with Crippen LogP contribution in [0.25, 0.3) is 0 Å². The summed E-state index contributed by atoms with van der Waals surface area (Å²) < 4.78 is 38.2. The monoisotopic (exact) mass is 601 g/mol. The van der Waals surface area contributed by atoms with Crippen LogP contribution >= 0.6 is 0 Å². The standard InChI is InChI=1S/C30H37F2N5O6/c1-29(2,3)24(36-25(38)14-6-7-42-13-14)28(41)37-12-16-22(30(16,4)5)23(37)27(40)34-15(11-33)8-21-26(39)35-19-9-17(31)18(32)10-20(19)43-21/h9-10,14-16,21-24H,6-8,12-13H2,1-5H3,(H,34,40)(H,35,39)(H,36,38)/t14-,15?,16+,21+,22+,23+,24?/m1/s1. The fourth-order valence-electron chi connectivity index (χ4n) is 6.54. The Balaban J connectivity index is 1.31. The number of hydrogen-bond donors (Lipinski definition) is 3. The molecule has 2 saturated heterocycles. The highest BCUT2D eigenvalue weighted by Crippen LogP contribution is 2.65. The van der Waals surface area contributed by atoms with E-state index in [0.29, 0.717) is 26.2 Å². The van der Waals surface area contributed by atoms with Gasteiger partial charge in [-0.15, -0.1) is 0 Å². The van der Waals surface area contributed by atoms with E-state index in [9.17, 15) is 33.2 Å². The Morgan fingerprint density at radius 1 is 1.19 bits per heavy atom. The summed E-state index contributed by atoms with van der Waals surface area (Å²) in [7, 11) is 0. The number of piperidine rings is 1. The average Bonchev–Trinajstić information content (AvgIpc) is 3.38. The molecule has 232 valence electrons. The zero-order chi connectivity index (χ0) is 31.4. The topological polar surface area (TPSA) is 150 Å². The number of rotatable bonds is 7. The summed E-state index contributed by atoms with van der Waals surface area (Å²) in [4.78, 5) is 54.9. The first-order valence-corrected chi connectivity index (χ1v) is 14.5. The number of anilines is 1. The molecular formula is C30H37F2N5O6. The molecule has 2 unspecified atom stereocenters. The summed E-state index contributed by atoms with van der Waals surface area (Å²) in [6, 6.07) is 0.602. The van der Waals surface area contributed by atoms with Gasteiger partial charge in [-0.3, -0.25) is 19.2 Å². The predicted octanol–water partition coefficient (Wildman–Crippen LogP) is 2.11. The van der Waals surface area contributed by atoms with Gasteiger partial charge in [-0.1, -0.05) is 34.6 Å². The Morgan fingerprint density at radius 3 is 2.51 bits per heavy atom. The highest BCUT2D eigenvalue weighted by Gasteiger charge is 2.69. The minimum Gasteiger partial charge on any atom is -0.478 e. The van der Waals surface area contributed by atoms with Gasteiger partial charge in [-0.2, -0.15) is 5.26 Å². The Kier molecular flexibility index (Phi) is 7.88. The Morgan fingerprint density at radius 2 is 1.88 bits per heavy atom. The molecule has 0 aromatic heterocycles. The molecule has 3 fully saturated rings. The van der Waals surface area contributed by atoms with Gasteiger partial charge in [0, 0.05) is 31.7 Å². The van der Waals surface area contributed by atoms with Crippen LogP contribution in [-0.2, 0) is 23.9 Å². The van der Waals surface area contributed by atoms with Crippen molar-refractivity contribution in [2.45, 2.75) is 71.7 Å². The van der Waals surface area contributed by atoms with Crippen molar-refractivity contribution >= 4 is 29.3 Å². The third-order valence-electron chi connectivity index (χ3n) is 9.22. The molecule has 4 amide bonds. The number of amides is 4. The van der Waals surface area contributed by atoms with Gasteiger partial charge in [0.1, 0.15) is 23.9 Å². The van der Waals surface area contributed by atoms with Crippen molar-refractivity contribution in [2.24, 2.45) is 28.6 Å². The number of hydrogen-bond acceptors (Lipinski definition) is 7. The third kappa shape index (κ3) is 5.77. The molecule has 4 aliphatic rings. The normalized spacial score (nSPS) is 28.4. The maximum Gasteiger partial charge on any atom is 0.265 e. The number of benzene rings is 1. The largest absolute Gasteiger partial charge is 0.478 e. The second-order valence-corrected chi connectivity index (χ2v) is 13.5. The van der Waals surface area contributed by atoms with Gasteiger partial charge >= 0.3 is 0 Å². The smallest absolute Gasteiger partial charge is 0.265 e. The van der Waals surface area contributed by atoms with Crippen molar-refractivity contribution < 1.29 is 37.4 Å². The van der Waals surface area contributed by atoms with Crippen molar-refractivity contribution in [1.82, 2.24) is 15.5 Å². The van der Waals surface area contributed by atoms with Crippen LogP contribution in [0.2, 0.25) is 0 Å². The van der Waals surface area contributed by atoms with Gasteiger partial charge < -0.3 is 30.3 Å². The van der Waals surface area contributed by atoms with Crippen LogP contribution in [0, 0.1) is 51.5 Å². The minimum absolute atomic E-state index is 0.0410. The van der Waals surface area contributed by atoms with E-state index in [0.717, 1.165) is 12.1 Å². The molecule has 13 heteroatoms. The lowest BCUT2D eigenvalue weighted by atomic mass is 9.84. The van der Waals surface area contributed by atoms with E-state index >= 15 is 0 Å². The summed E-state index contributed by atoms with van der Waals surface area (Å²) in [5.74, 6) is -4.72. The first kappa shape index (κ1) is 30.7. The molecule has 11 nitrogen and oxygen atoms in total. The number of carbonyl (C=O) groups excluding carboxylic acids is 4. The zero-order valence-electron chi connectivity index (χ0n) is 24.8. The highest BCUT2D eigenvalue weighted by atomic mass is 19.2. The van der Waals surface area contributed by atoms with Crippen LogP contribution in [0.1, 0.15) is 47.5 Å². The van der Waals surface area contributed by atoms with E-state index < -0.39 is 53.1 Å². The molecule has 3 aliphatic heterocycles. The summed E-state index contributed by atoms with van der Waals surface area (Å²) in [5, 5.41) is 17.9. The lowest BCUT2D eigenvalue weighted by Gasteiger charge is -2.38. The van der Waals surface area contributed by atoms with Gasteiger partial charge in [0.2, 0.25) is 17.7 Å². The molecule has 1 aromatic carbocycles. The number of nitrogens with one attached hydrogen (secondary N) is 3. The Labute approximate surface area is 248 Å². The molecule has 43 heavy (non-hydrogen) atoms. The molecule has 0 spiro atoms. The minimum atomic E-state index is -1.26. The maximum absolute atomic E-state index is 14.0. The second kappa shape index (κ2) is 11.0. The van der Waals surface area contributed by atoms with Crippen molar-refractivity contribution in [3.05, 3.63) is 23.8 Å². The van der Waals surface area contributed by atoms with E-state index in [4.69, 9.17) is 9.47 Å². The lowest BCUT2D eigenvalue weighted by Crippen LogP contribution is -2.60. The maximum atomic E-state index is 14.0. The fourth-order valence-corrected chi connectivity index (χ4v) is 6.54.